The third-order valence-electron chi connectivity index (χ3n) is 3.16. The molecule has 2 N–H and O–H groups in total. The standard InChI is InChI=1S/C16H16ClFN2O4S/c1-24-9-8-16(21)19-14-10-11(17)6-7-13(14)20-25(22,23)15-5-3-2-4-12(15)18/h2-7,10,20H,8-9H2,1H3,(H,19,21). The van der Waals surface area contributed by atoms with E-state index in [1.165, 1.54) is 37.4 Å². The summed E-state index contributed by atoms with van der Waals surface area (Å²) in [5.74, 6) is -1.26. The van der Waals surface area contributed by atoms with E-state index in [9.17, 15) is 17.6 Å². The molecule has 9 heteroatoms. The number of anilines is 2. The van der Waals surface area contributed by atoms with E-state index in [4.69, 9.17) is 16.3 Å². The van der Waals surface area contributed by atoms with Crippen LogP contribution in [-0.4, -0.2) is 28.0 Å². The van der Waals surface area contributed by atoms with Gasteiger partial charge in [0, 0.05) is 12.1 Å². The molecule has 0 aliphatic rings. The number of rotatable bonds is 7. The maximum atomic E-state index is 13.8. The molecule has 6 nitrogen and oxygen atoms in total. The van der Waals surface area contributed by atoms with Gasteiger partial charge in [0.1, 0.15) is 10.7 Å². The van der Waals surface area contributed by atoms with Gasteiger partial charge in [-0.15, -0.1) is 0 Å². The van der Waals surface area contributed by atoms with Crippen molar-refractivity contribution in [3.63, 3.8) is 0 Å². The van der Waals surface area contributed by atoms with Gasteiger partial charge in [-0.2, -0.15) is 0 Å². The lowest BCUT2D eigenvalue weighted by Crippen LogP contribution is -2.18. The third-order valence-corrected chi connectivity index (χ3v) is 4.79. The SMILES string of the molecule is COCCC(=O)Nc1cc(Cl)ccc1NS(=O)(=O)c1ccccc1F. The summed E-state index contributed by atoms with van der Waals surface area (Å²) in [6, 6.07) is 9.21. The summed E-state index contributed by atoms with van der Waals surface area (Å²) in [5, 5.41) is 2.85. The fraction of sp³-hybridized carbons (Fsp3) is 0.188. The summed E-state index contributed by atoms with van der Waals surface area (Å²) in [6.45, 7) is 0.211. The fourth-order valence-corrected chi connectivity index (χ4v) is 3.31. The number of hydrogen-bond donors (Lipinski definition) is 2. The molecule has 0 aliphatic heterocycles. The van der Waals surface area contributed by atoms with E-state index in [-0.39, 0.29) is 30.3 Å². The van der Waals surface area contributed by atoms with Crippen molar-refractivity contribution >= 4 is 38.9 Å². The minimum absolute atomic E-state index is 0.0680. The van der Waals surface area contributed by atoms with Crippen LogP contribution in [0.4, 0.5) is 15.8 Å². The number of nitrogens with one attached hydrogen (secondary N) is 2. The number of methoxy groups -OCH3 is 1. The van der Waals surface area contributed by atoms with Crippen molar-refractivity contribution in [2.24, 2.45) is 0 Å². The smallest absolute Gasteiger partial charge is 0.264 e. The van der Waals surface area contributed by atoms with Crippen molar-refractivity contribution in [2.75, 3.05) is 23.8 Å². The molecule has 2 rings (SSSR count). The van der Waals surface area contributed by atoms with Crippen LogP contribution >= 0.6 is 11.6 Å². The molecule has 0 saturated carbocycles. The summed E-state index contributed by atoms with van der Waals surface area (Å²) in [6.07, 6.45) is 0.0858. The molecule has 0 fully saturated rings. The second kappa shape index (κ2) is 8.28. The van der Waals surface area contributed by atoms with Crippen molar-refractivity contribution in [2.45, 2.75) is 11.3 Å². The topological polar surface area (TPSA) is 84.5 Å². The van der Waals surface area contributed by atoms with Gasteiger partial charge in [0.15, 0.2) is 0 Å². The predicted molar refractivity (Wildman–Crippen MR) is 93.8 cm³/mol. The number of halogens is 2. The number of carbonyl (C=O) groups excluding carboxylic acids is 1. The maximum Gasteiger partial charge on any atom is 0.264 e. The largest absolute Gasteiger partial charge is 0.384 e. The lowest BCUT2D eigenvalue weighted by atomic mass is 10.2. The summed E-state index contributed by atoms with van der Waals surface area (Å²) in [4.78, 5) is 11.4. The van der Waals surface area contributed by atoms with Crippen LogP contribution in [0.1, 0.15) is 6.42 Å². The average molecular weight is 387 g/mol. The Labute approximate surface area is 150 Å². The Morgan fingerprint density at radius 3 is 2.60 bits per heavy atom. The minimum atomic E-state index is -4.18. The van der Waals surface area contributed by atoms with Crippen LogP contribution in [0.5, 0.6) is 0 Å². The molecule has 0 spiro atoms. The van der Waals surface area contributed by atoms with Crippen LogP contribution in [0.3, 0.4) is 0 Å². The first-order chi connectivity index (χ1) is 11.8. The number of amides is 1. The molecule has 0 heterocycles. The molecule has 0 aromatic heterocycles. The normalized spacial score (nSPS) is 11.2. The van der Waals surface area contributed by atoms with Gasteiger partial charge < -0.3 is 10.1 Å². The molecule has 0 radical (unpaired) electrons. The quantitative estimate of drug-likeness (QED) is 0.765. The molecule has 2 aromatic carbocycles. The molecule has 25 heavy (non-hydrogen) atoms. The summed E-state index contributed by atoms with van der Waals surface area (Å²) < 4.78 is 45.7. The number of sulfonamides is 1. The molecule has 0 unspecified atom stereocenters. The van der Waals surface area contributed by atoms with E-state index in [0.717, 1.165) is 12.1 Å². The Morgan fingerprint density at radius 1 is 1.20 bits per heavy atom. The zero-order chi connectivity index (χ0) is 18.4. The Hall–Kier alpha value is -2.16. The maximum absolute atomic E-state index is 13.8. The predicted octanol–water partition coefficient (Wildman–Crippen LogP) is 3.25. The average Bonchev–Trinajstić information content (AvgIpc) is 2.55. The lowest BCUT2D eigenvalue weighted by molar-refractivity contribution is -0.117. The highest BCUT2D eigenvalue weighted by molar-refractivity contribution is 7.92. The molecular weight excluding hydrogens is 371 g/mol. The van der Waals surface area contributed by atoms with E-state index in [2.05, 4.69) is 10.0 Å². The van der Waals surface area contributed by atoms with Gasteiger partial charge >= 0.3 is 0 Å². The van der Waals surface area contributed by atoms with Crippen molar-refractivity contribution in [1.29, 1.82) is 0 Å². The number of benzene rings is 2. The molecule has 134 valence electrons. The molecule has 0 atom stereocenters. The third kappa shape index (κ3) is 5.15. The van der Waals surface area contributed by atoms with Crippen molar-refractivity contribution in [3.8, 4) is 0 Å². The Bertz CT molecular complexity index is 874. The van der Waals surface area contributed by atoms with E-state index in [0.29, 0.717) is 5.02 Å². The van der Waals surface area contributed by atoms with E-state index >= 15 is 0 Å². The summed E-state index contributed by atoms with van der Waals surface area (Å²) in [7, 11) is -2.72. The highest BCUT2D eigenvalue weighted by Gasteiger charge is 2.20. The Balaban J connectivity index is 2.30. The van der Waals surface area contributed by atoms with Gasteiger partial charge in [0.05, 0.1) is 24.4 Å². The van der Waals surface area contributed by atoms with Crippen LogP contribution in [0.25, 0.3) is 0 Å². The highest BCUT2D eigenvalue weighted by atomic mass is 35.5. The zero-order valence-electron chi connectivity index (χ0n) is 13.3. The van der Waals surface area contributed by atoms with Crippen LogP contribution in [0.15, 0.2) is 47.4 Å². The monoisotopic (exact) mass is 386 g/mol. The van der Waals surface area contributed by atoms with Crippen LogP contribution < -0.4 is 10.0 Å². The Kier molecular flexibility index (Phi) is 6.35. The van der Waals surface area contributed by atoms with Gasteiger partial charge in [-0.05, 0) is 30.3 Å². The minimum Gasteiger partial charge on any atom is -0.384 e. The first kappa shape index (κ1) is 19.2. The lowest BCUT2D eigenvalue weighted by Gasteiger charge is -2.14. The first-order valence-corrected chi connectivity index (χ1v) is 9.05. The van der Waals surface area contributed by atoms with Crippen LogP contribution in [0, 0.1) is 5.82 Å². The molecule has 2 aromatic rings. The van der Waals surface area contributed by atoms with Crippen molar-refractivity contribution < 1.29 is 22.3 Å². The number of carbonyl (C=O) groups is 1. The van der Waals surface area contributed by atoms with Crippen molar-refractivity contribution in [1.82, 2.24) is 0 Å². The second-order valence-electron chi connectivity index (χ2n) is 5.02. The van der Waals surface area contributed by atoms with Gasteiger partial charge in [0.25, 0.3) is 10.0 Å². The summed E-state index contributed by atoms with van der Waals surface area (Å²) in [5.41, 5.74) is 0.229. The van der Waals surface area contributed by atoms with E-state index < -0.39 is 20.7 Å². The number of ether oxygens (including phenoxy) is 1. The van der Waals surface area contributed by atoms with E-state index in [1.807, 2.05) is 0 Å². The van der Waals surface area contributed by atoms with Gasteiger partial charge in [-0.1, -0.05) is 23.7 Å². The van der Waals surface area contributed by atoms with Crippen LogP contribution in [-0.2, 0) is 19.6 Å². The zero-order valence-corrected chi connectivity index (χ0v) is 14.8. The molecule has 0 aliphatic carbocycles. The van der Waals surface area contributed by atoms with Gasteiger partial charge in [0.2, 0.25) is 5.91 Å². The first-order valence-electron chi connectivity index (χ1n) is 7.19. The molecular formula is C16H16ClFN2O4S. The summed E-state index contributed by atoms with van der Waals surface area (Å²) >= 11 is 5.90. The van der Waals surface area contributed by atoms with Gasteiger partial charge in [-0.3, -0.25) is 9.52 Å². The molecule has 1 amide bonds. The van der Waals surface area contributed by atoms with Gasteiger partial charge in [-0.25, -0.2) is 12.8 Å². The van der Waals surface area contributed by atoms with E-state index in [1.54, 1.807) is 0 Å². The molecule has 0 bridgehead atoms. The highest BCUT2D eigenvalue weighted by Crippen LogP contribution is 2.28. The molecule has 0 saturated heterocycles. The van der Waals surface area contributed by atoms with Crippen LogP contribution in [0.2, 0.25) is 5.02 Å². The second-order valence-corrected chi connectivity index (χ2v) is 7.10. The fourth-order valence-electron chi connectivity index (χ4n) is 1.98. The van der Waals surface area contributed by atoms with Crippen molar-refractivity contribution in [3.05, 3.63) is 53.3 Å². The number of hydrogen-bond acceptors (Lipinski definition) is 4. The Morgan fingerprint density at radius 2 is 1.92 bits per heavy atom.